The smallest absolute Gasteiger partial charge is 0.292 e. The van der Waals surface area contributed by atoms with E-state index in [9.17, 15) is 14.0 Å². The number of amides is 2. The number of quaternary nitrogens is 1. The molecule has 2 N–H and O–H groups in total. The Labute approximate surface area is 125 Å². The molecule has 2 amide bonds. The molecular formula is C15H14FN2O2S+. The van der Waals surface area contributed by atoms with E-state index in [0.717, 1.165) is 9.78 Å². The van der Waals surface area contributed by atoms with Crippen molar-refractivity contribution in [3.8, 4) is 0 Å². The number of nitrogens with two attached hydrogens (primary N) is 1. The second-order valence-corrected chi connectivity index (χ2v) is 5.91. The van der Waals surface area contributed by atoms with Gasteiger partial charge >= 0.3 is 0 Å². The topological polar surface area (TPSA) is 54.0 Å². The predicted octanol–water partition coefficient (Wildman–Crippen LogP) is 1.28. The maximum absolute atomic E-state index is 12.9. The van der Waals surface area contributed by atoms with Crippen LogP contribution in [-0.2, 0) is 16.1 Å². The quantitative estimate of drug-likeness (QED) is 0.865. The molecule has 2 aromatic rings. The highest BCUT2D eigenvalue weighted by Gasteiger charge is 2.42. The fraction of sp³-hybridized carbons (Fsp3) is 0.200. The van der Waals surface area contributed by atoms with Gasteiger partial charge < -0.3 is 5.32 Å². The van der Waals surface area contributed by atoms with E-state index < -0.39 is 11.9 Å². The first-order valence-corrected chi connectivity index (χ1v) is 7.51. The first-order chi connectivity index (χ1) is 10.1. The third kappa shape index (κ3) is 2.86. The van der Waals surface area contributed by atoms with Gasteiger partial charge in [0.25, 0.3) is 5.91 Å². The number of carbonyl (C=O) groups excluding carboxylic acids is 2. The number of benzene rings is 1. The molecule has 1 aromatic carbocycles. The number of anilines is 1. The fourth-order valence-electron chi connectivity index (χ4n) is 2.39. The molecule has 3 rings (SSSR count). The number of thiophene rings is 1. The largest absolute Gasteiger partial charge is 0.331 e. The Bertz CT molecular complexity index is 655. The number of nitrogens with zero attached hydrogens (tertiary/aromatic N) is 1. The van der Waals surface area contributed by atoms with E-state index in [4.69, 9.17) is 0 Å². The van der Waals surface area contributed by atoms with Gasteiger partial charge in [-0.1, -0.05) is 6.07 Å². The Balaban J connectivity index is 1.71. The highest BCUT2D eigenvalue weighted by molar-refractivity contribution is 7.09. The number of rotatable bonds is 4. The molecule has 4 nitrogen and oxygen atoms in total. The molecule has 0 radical (unpaired) electrons. The second-order valence-electron chi connectivity index (χ2n) is 4.87. The number of carbonyl (C=O) groups is 2. The summed E-state index contributed by atoms with van der Waals surface area (Å²) in [7, 11) is 0. The fourth-order valence-corrected chi connectivity index (χ4v) is 3.07. The molecule has 0 aliphatic carbocycles. The van der Waals surface area contributed by atoms with Crippen LogP contribution in [0.4, 0.5) is 10.1 Å². The first kappa shape index (κ1) is 13.9. The van der Waals surface area contributed by atoms with Gasteiger partial charge in [-0.2, -0.15) is 0 Å². The first-order valence-electron chi connectivity index (χ1n) is 6.63. The summed E-state index contributed by atoms with van der Waals surface area (Å²) >= 11 is 1.62. The van der Waals surface area contributed by atoms with E-state index in [-0.39, 0.29) is 18.2 Å². The summed E-state index contributed by atoms with van der Waals surface area (Å²) in [5.74, 6) is -0.860. The van der Waals surface area contributed by atoms with Crippen LogP contribution in [0, 0.1) is 5.82 Å². The molecule has 1 saturated heterocycles. The summed E-state index contributed by atoms with van der Waals surface area (Å²) in [6.45, 7) is 0.679. The van der Waals surface area contributed by atoms with Crippen molar-refractivity contribution in [3.63, 3.8) is 0 Å². The Morgan fingerprint density at radius 1 is 1.24 bits per heavy atom. The zero-order valence-corrected chi connectivity index (χ0v) is 12.0. The molecular weight excluding hydrogens is 291 g/mol. The van der Waals surface area contributed by atoms with E-state index in [1.165, 1.54) is 24.3 Å². The molecule has 1 aromatic heterocycles. The van der Waals surface area contributed by atoms with Gasteiger partial charge in [-0.3, -0.25) is 9.59 Å². The summed E-state index contributed by atoms with van der Waals surface area (Å²) in [4.78, 5) is 26.7. The van der Waals surface area contributed by atoms with Crippen LogP contribution in [0.25, 0.3) is 0 Å². The molecule has 0 bridgehead atoms. The minimum atomic E-state index is -0.398. The normalized spacial score (nSPS) is 18.5. The van der Waals surface area contributed by atoms with Gasteiger partial charge in [-0.15, -0.1) is 11.3 Å². The van der Waals surface area contributed by atoms with E-state index in [0.29, 0.717) is 12.2 Å². The molecule has 1 fully saturated rings. The van der Waals surface area contributed by atoms with Crippen molar-refractivity contribution in [1.82, 2.24) is 0 Å². The lowest BCUT2D eigenvalue weighted by atomic mass is 10.2. The lowest BCUT2D eigenvalue weighted by Crippen LogP contribution is -2.90. The van der Waals surface area contributed by atoms with Crippen LogP contribution in [-0.4, -0.2) is 17.9 Å². The Morgan fingerprint density at radius 3 is 2.67 bits per heavy atom. The number of hydrogen-bond acceptors (Lipinski definition) is 3. The highest BCUT2D eigenvalue weighted by atomic mass is 32.1. The van der Waals surface area contributed by atoms with Gasteiger partial charge in [0.15, 0.2) is 6.04 Å². The molecule has 1 aliphatic rings. The minimum absolute atomic E-state index is 0.182. The Morgan fingerprint density at radius 2 is 2.00 bits per heavy atom. The lowest BCUT2D eigenvalue weighted by Gasteiger charge is -2.13. The summed E-state index contributed by atoms with van der Waals surface area (Å²) in [5, 5.41) is 3.87. The van der Waals surface area contributed by atoms with Crippen LogP contribution in [0.15, 0.2) is 41.8 Å². The van der Waals surface area contributed by atoms with Crippen molar-refractivity contribution in [1.29, 1.82) is 0 Å². The van der Waals surface area contributed by atoms with E-state index in [1.54, 1.807) is 11.3 Å². The third-order valence-electron chi connectivity index (χ3n) is 3.45. The maximum Gasteiger partial charge on any atom is 0.292 e. The van der Waals surface area contributed by atoms with Gasteiger partial charge in [0.05, 0.1) is 17.0 Å². The van der Waals surface area contributed by atoms with Crippen molar-refractivity contribution in [3.05, 3.63) is 52.5 Å². The van der Waals surface area contributed by atoms with Gasteiger partial charge in [0, 0.05) is 0 Å². The number of halogens is 1. The van der Waals surface area contributed by atoms with Crippen molar-refractivity contribution in [2.45, 2.75) is 19.0 Å². The average molecular weight is 305 g/mol. The third-order valence-corrected chi connectivity index (χ3v) is 4.35. The summed E-state index contributed by atoms with van der Waals surface area (Å²) in [6.07, 6.45) is 0.182. The minimum Gasteiger partial charge on any atom is -0.331 e. The van der Waals surface area contributed by atoms with Crippen molar-refractivity contribution in [2.24, 2.45) is 0 Å². The predicted molar refractivity (Wildman–Crippen MR) is 77.2 cm³/mol. The maximum atomic E-state index is 12.9. The zero-order valence-electron chi connectivity index (χ0n) is 11.2. The Hall–Kier alpha value is -2.05. The standard InChI is InChI=1S/C15H13FN2O2S/c16-10-3-5-11(6-4-10)18-14(19)8-13(15(18)20)17-9-12-2-1-7-21-12/h1-7,13,17H,8-9H2/p+1/t13-/m0/s1. The summed E-state index contributed by atoms with van der Waals surface area (Å²) < 4.78 is 12.9. The molecule has 1 aliphatic heterocycles. The summed E-state index contributed by atoms with van der Waals surface area (Å²) in [6, 6.07) is 8.96. The monoisotopic (exact) mass is 305 g/mol. The summed E-state index contributed by atoms with van der Waals surface area (Å²) in [5.41, 5.74) is 0.429. The lowest BCUT2D eigenvalue weighted by molar-refractivity contribution is -0.689. The Kier molecular flexibility index (Phi) is 3.81. The molecule has 21 heavy (non-hydrogen) atoms. The van der Waals surface area contributed by atoms with Crippen molar-refractivity contribution < 1.29 is 19.3 Å². The van der Waals surface area contributed by atoms with Crippen LogP contribution in [0.5, 0.6) is 0 Å². The molecule has 108 valence electrons. The SMILES string of the molecule is O=C1C[C@H]([NH2+]Cc2cccs2)C(=O)N1c1ccc(F)cc1. The van der Waals surface area contributed by atoms with E-state index >= 15 is 0 Å². The van der Waals surface area contributed by atoms with Gasteiger partial charge in [0.2, 0.25) is 5.91 Å². The molecule has 0 saturated carbocycles. The van der Waals surface area contributed by atoms with Crippen molar-refractivity contribution >= 4 is 28.8 Å². The zero-order chi connectivity index (χ0) is 14.8. The van der Waals surface area contributed by atoms with E-state index in [2.05, 4.69) is 0 Å². The van der Waals surface area contributed by atoms with Crippen LogP contribution in [0.3, 0.4) is 0 Å². The number of imide groups is 1. The highest BCUT2D eigenvalue weighted by Crippen LogP contribution is 2.21. The van der Waals surface area contributed by atoms with Crippen molar-refractivity contribution in [2.75, 3.05) is 4.90 Å². The molecule has 1 atom stereocenters. The molecule has 6 heteroatoms. The molecule has 0 spiro atoms. The molecule has 0 unspecified atom stereocenters. The van der Waals surface area contributed by atoms with Gasteiger partial charge in [0.1, 0.15) is 12.4 Å². The van der Waals surface area contributed by atoms with Gasteiger partial charge in [-0.05, 0) is 35.7 Å². The van der Waals surface area contributed by atoms with Crippen LogP contribution < -0.4 is 10.2 Å². The number of hydrogen-bond donors (Lipinski definition) is 1. The van der Waals surface area contributed by atoms with E-state index in [1.807, 2.05) is 22.8 Å². The van der Waals surface area contributed by atoms with Crippen LogP contribution in [0.1, 0.15) is 11.3 Å². The second kappa shape index (κ2) is 5.75. The average Bonchev–Trinajstić information content (AvgIpc) is 3.07. The van der Waals surface area contributed by atoms with Gasteiger partial charge in [-0.25, -0.2) is 9.29 Å². The molecule has 2 heterocycles. The van der Waals surface area contributed by atoms with Crippen LogP contribution >= 0.6 is 11.3 Å². The van der Waals surface area contributed by atoms with Crippen LogP contribution in [0.2, 0.25) is 0 Å².